The van der Waals surface area contributed by atoms with Crippen LogP contribution in [0.3, 0.4) is 0 Å². The van der Waals surface area contributed by atoms with E-state index in [4.69, 9.17) is 9.97 Å². The summed E-state index contributed by atoms with van der Waals surface area (Å²) in [5.41, 5.74) is 1.13. The number of hydrogen-bond donors (Lipinski definition) is 1. The Morgan fingerprint density at radius 2 is 1.81 bits per heavy atom. The Labute approximate surface area is 137 Å². The molecule has 1 aliphatic rings. The van der Waals surface area contributed by atoms with Gasteiger partial charge in [-0.3, -0.25) is 0 Å². The number of nitrogens with one attached hydrogen (secondary N) is 1. The molecule has 0 amide bonds. The Morgan fingerprint density at radius 3 is 2.33 bits per heavy atom. The summed E-state index contributed by atoms with van der Waals surface area (Å²) in [5, 5.41) is 3.37. The third kappa shape index (κ3) is 3.97. The van der Waals surface area contributed by atoms with Crippen LogP contribution in [0.2, 0.25) is 0 Å². The molecular weight excluding hydrogens is 326 g/mol. The molecule has 1 saturated carbocycles. The smallest absolute Gasteiger partial charge is 0.144 e. The van der Waals surface area contributed by atoms with Crippen LogP contribution in [0.4, 0.5) is 5.82 Å². The molecule has 0 spiro atoms. The van der Waals surface area contributed by atoms with Crippen molar-refractivity contribution in [3.8, 4) is 0 Å². The van der Waals surface area contributed by atoms with Gasteiger partial charge in [0.2, 0.25) is 0 Å². The molecule has 1 heterocycles. The predicted octanol–water partition coefficient (Wildman–Crippen LogP) is 5.48. The summed E-state index contributed by atoms with van der Waals surface area (Å²) >= 11 is 3.67. The lowest BCUT2D eigenvalue weighted by Crippen LogP contribution is -2.17. The van der Waals surface area contributed by atoms with Crippen LogP contribution in [0.25, 0.3) is 0 Å². The normalized spacial score (nSPS) is 22.6. The van der Waals surface area contributed by atoms with Crippen LogP contribution >= 0.6 is 15.9 Å². The lowest BCUT2D eigenvalue weighted by molar-refractivity contribution is 0.312. The number of rotatable bonds is 5. The molecule has 1 aromatic heterocycles. The van der Waals surface area contributed by atoms with E-state index in [2.05, 4.69) is 48.9 Å². The van der Waals surface area contributed by atoms with Gasteiger partial charge in [-0.15, -0.1) is 0 Å². The van der Waals surface area contributed by atoms with Crippen molar-refractivity contribution in [1.82, 2.24) is 9.97 Å². The molecule has 1 aromatic rings. The maximum Gasteiger partial charge on any atom is 0.144 e. The first-order valence-corrected chi connectivity index (χ1v) is 9.17. The number of anilines is 1. The Balaban J connectivity index is 2.26. The van der Waals surface area contributed by atoms with Crippen LogP contribution in [0.5, 0.6) is 0 Å². The molecule has 3 nitrogen and oxygen atoms in total. The molecule has 4 heteroatoms. The quantitative estimate of drug-likeness (QED) is 0.761. The largest absolute Gasteiger partial charge is 0.369 e. The minimum absolute atomic E-state index is 0.408. The van der Waals surface area contributed by atoms with E-state index in [1.165, 1.54) is 32.1 Å². The summed E-state index contributed by atoms with van der Waals surface area (Å²) in [6, 6.07) is 0. The van der Waals surface area contributed by atoms with Crippen LogP contribution < -0.4 is 5.32 Å². The molecule has 2 rings (SSSR count). The number of aromatic nitrogens is 2. The van der Waals surface area contributed by atoms with Crippen LogP contribution in [-0.4, -0.2) is 16.5 Å². The summed E-state index contributed by atoms with van der Waals surface area (Å²) in [6.07, 6.45) is 6.45. The zero-order chi connectivity index (χ0) is 15.4. The highest BCUT2D eigenvalue weighted by atomic mass is 79.9. The Bertz CT molecular complexity index is 465. The maximum atomic E-state index is 4.89. The molecular formula is C17H28BrN3. The van der Waals surface area contributed by atoms with Crippen LogP contribution in [0, 0.1) is 5.92 Å². The zero-order valence-electron chi connectivity index (χ0n) is 13.7. The summed E-state index contributed by atoms with van der Waals surface area (Å²) in [7, 11) is 0. The summed E-state index contributed by atoms with van der Waals surface area (Å²) in [5.74, 6) is 3.87. The molecule has 0 unspecified atom stereocenters. The SMILES string of the molecule is CCNc1nc(C2CCC(CC)CC2)nc(C(C)C)c1Br. The van der Waals surface area contributed by atoms with Crippen molar-refractivity contribution in [1.29, 1.82) is 0 Å². The topological polar surface area (TPSA) is 37.8 Å². The highest BCUT2D eigenvalue weighted by molar-refractivity contribution is 9.10. The lowest BCUT2D eigenvalue weighted by atomic mass is 9.80. The van der Waals surface area contributed by atoms with Gasteiger partial charge < -0.3 is 5.32 Å². The van der Waals surface area contributed by atoms with E-state index in [1.54, 1.807) is 0 Å². The van der Waals surface area contributed by atoms with Crippen LogP contribution in [-0.2, 0) is 0 Å². The average Bonchev–Trinajstić information content (AvgIpc) is 2.49. The number of nitrogens with zero attached hydrogens (tertiary/aromatic N) is 2. The van der Waals surface area contributed by atoms with E-state index < -0.39 is 0 Å². The Morgan fingerprint density at radius 1 is 1.14 bits per heavy atom. The fourth-order valence-corrected chi connectivity index (χ4v) is 3.94. The van der Waals surface area contributed by atoms with E-state index >= 15 is 0 Å². The predicted molar refractivity (Wildman–Crippen MR) is 93.0 cm³/mol. The van der Waals surface area contributed by atoms with Crippen molar-refractivity contribution in [2.24, 2.45) is 5.92 Å². The molecule has 0 bridgehead atoms. The molecule has 118 valence electrons. The Kier molecular flexibility index (Phi) is 6.03. The molecule has 0 radical (unpaired) electrons. The van der Waals surface area contributed by atoms with Gasteiger partial charge in [-0.1, -0.05) is 27.2 Å². The van der Waals surface area contributed by atoms with E-state index in [9.17, 15) is 0 Å². The molecule has 1 fully saturated rings. The van der Waals surface area contributed by atoms with Gasteiger partial charge in [0.05, 0.1) is 10.2 Å². The van der Waals surface area contributed by atoms with Gasteiger partial charge in [-0.25, -0.2) is 9.97 Å². The fraction of sp³-hybridized carbons (Fsp3) is 0.765. The minimum atomic E-state index is 0.408. The van der Waals surface area contributed by atoms with Crippen molar-refractivity contribution < 1.29 is 0 Å². The van der Waals surface area contributed by atoms with E-state index in [0.717, 1.165) is 34.3 Å². The standard InChI is InChI=1S/C17H28BrN3/c1-5-12-7-9-13(10-8-12)16-20-15(11(3)4)14(18)17(21-16)19-6-2/h11-13H,5-10H2,1-4H3,(H,19,20,21). The van der Waals surface area contributed by atoms with Crippen molar-refractivity contribution in [2.45, 2.75) is 71.6 Å². The molecule has 0 aliphatic heterocycles. The highest BCUT2D eigenvalue weighted by Gasteiger charge is 2.25. The third-order valence-corrected chi connectivity index (χ3v) is 5.36. The average molecular weight is 354 g/mol. The third-order valence-electron chi connectivity index (χ3n) is 4.57. The number of halogens is 1. The monoisotopic (exact) mass is 353 g/mol. The van der Waals surface area contributed by atoms with E-state index in [-0.39, 0.29) is 0 Å². The molecule has 0 aromatic carbocycles. The second-order valence-electron chi connectivity index (χ2n) is 6.44. The molecule has 0 atom stereocenters. The fourth-order valence-electron chi connectivity index (χ4n) is 3.16. The van der Waals surface area contributed by atoms with Crippen LogP contribution in [0.15, 0.2) is 4.47 Å². The van der Waals surface area contributed by atoms with E-state index in [1.807, 2.05) is 0 Å². The van der Waals surface area contributed by atoms with Gasteiger partial charge in [-0.2, -0.15) is 0 Å². The molecule has 1 aliphatic carbocycles. The van der Waals surface area contributed by atoms with Crippen LogP contribution in [0.1, 0.15) is 83.2 Å². The second kappa shape index (κ2) is 7.57. The lowest BCUT2D eigenvalue weighted by Gasteiger charge is -2.27. The maximum absolute atomic E-state index is 4.89. The van der Waals surface area contributed by atoms with Gasteiger partial charge in [0.1, 0.15) is 11.6 Å². The highest BCUT2D eigenvalue weighted by Crippen LogP contribution is 2.38. The van der Waals surface area contributed by atoms with Crippen molar-refractivity contribution in [3.63, 3.8) is 0 Å². The van der Waals surface area contributed by atoms with E-state index in [0.29, 0.717) is 11.8 Å². The molecule has 1 N–H and O–H groups in total. The zero-order valence-corrected chi connectivity index (χ0v) is 15.3. The van der Waals surface area contributed by atoms with Crippen molar-refractivity contribution >= 4 is 21.7 Å². The minimum Gasteiger partial charge on any atom is -0.369 e. The van der Waals surface area contributed by atoms with Gasteiger partial charge >= 0.3 is 0 Å². The first kappa shape index (κ1) is 16.7. The van der Waals surface area contributed by atoms with Gasteiger partial charge in [0.25, 0.3) is 0 Å². The van der Waals surface area contributed by atoms with Gasteiger partial charge in [0.15, 0.2) is 0 Å². The number of hydrogen-bond acceptors (Lipinski definition) is 3. The van der Waals surface area contributed by atoms with Gasteiger partial charge in [0, 0.05) is 12.5 Å². The van der Waals surface area contributed by atoms with Crippen molar-refractivity contribution in [2.75, 3.05) is 11.9 Å². The summed E-state index contributed by atoms with van der Waals surface area (Å²) in [4.78, 5) is 9.70. The summed E-state index contributed by atoms with van der Waals surface area (Å²) in [6.45, 7) is 9.69. The first-order chi connectivity index (χ1) is 10.1. The second-order valence-corrected chi connectivity index (χ2v) is 7.23. The Hall–Kier alpha value is -0.640. The molecule has 0 saturated heterocycles. The first-order valence-electron chi connectivity index (χ1n) is 8.37. The molecule has 21 heavy (non-hydrogen) atoms. The van der Waals surface area contributed by atoms with Gasteiger partial charge in [-0.05, 0) is 60.4 Å². The van der Waals surface area contributed by atoms with Crippen molar-refractivity contribution in [3.05, 3.63) is 16.0 Å². The summed E-state index contributed by atoms with van der Waals surface area (Å²) < 4.78 is 1.03.